The lowest BCUT2D eigenvalue weighted by atomic mass is 10.2. The first kappa shape index (κ1) is 15.0. The predicted molar refractivity (Wildman–Crippen MR) is 73.6 cm³/mol. The average molecular weight is 271 g/mol. The van der Waals surface area contributed by atoms with Crippen molar-refractivity contribution in [3.05, 3.63) is 18.0 Å². The van der Waals surface area contributed by atoms with Crippen molar-refractivity contribution in [1.29, 1.82) is 0 Å². The average Bonchev–Trinajstić information content (AvgIpc) is 2.73. The fourth-order valence-electron chi connectivity index (χ4n) is 1.66. The summed E-state index contributed by atoms with van der Waals surface area (Å²) < 4.78 is 1.77. The summed E-state index contributed by atoms with van der Waals surface area (Å²) in [6, 6.07) is 0.0526. The summed E-state index contributed by atoms with van der Waals surface area (Å²) in [4.78, 5) is 11.7. The fourth-order valence-corrected chi connectivity index (χ4v) is 2.31. The molecule has 1 atom stereocenters. The lowest BCUT2D eigenvalue weighted by molar-refractivity contribution is -0.122. The largest absolute Gasteiger partial charge is 0.396 e. The number of carbonyl (C=O) groups is 1. The van der Waals surface area contributed by atoms with Gasteiger partial charge in [0.1, 0.15) is 0 Å². The van der Waals surface area contributed by atoms with Crippen LogP contribution in [-0.2, 0) is 11.3 Å². The highest BCUT2D eigenvalue weighted by Crippen LogP contribution is 2.02. The van der Waals surface area contributed by atoms with Gasteiger partial charge >= 0.3 is 0 Å². The van der Waals surface area contributed by atoms with Gasteiger partial charge in [0.25, 0.3) is 0 Å². The molecule has 0 spiro atoms. The number of aliphatic hydroxyl groups is 1. The highest BCUT2D eigenvalue weighted by atomic mass is 32.2. The van der Waals surface area contributed by atoms with E-state index in [1.54, 1.807) is 22.6 Å². The van der Waals surface area contributed by atoms with E-state index < -0.39 is 0 Å². The van der Waals surface area contributed by atoms with E-state index in [1.165, 1.54) is 0 Å². The lowest BCUT2D eigenvalue weighted by Crippen LogP contribution is -2.37. The smallest absolute Gasteiger partial charge is 0.222 e. The fraction of sp³-hybridized carbons (Fsp3) is 0.667. The third-order valence-corrected chi connectivity index (χ3v) is 3.28. The van der Waals surface area contributed by atoms with E-state index in [4.69, 9.17) is 5.11 Å². The molecule has 1 aromatic heterocycles. The van der Waals surface area contributed by atoms with Gasteiger partial charge in [-0.1, -0.05) is 0 Å². The normalized spacial score (nSPS) is 12.4. The third-order valence-electron chi connectivity index (χ3n) is 2.54. The van der Waals surface area contributed by atoms with Crippen LogP contribution in [0.2, 0.25) is 0 Å². The summed E-state index contributed by atoms with van der Waals surface area (Å²) in [5, 5.41) is 16.0. The van der Waals surface area contributed by atoms with Crippen molar-refractivity contribution in [3.8, 4) is 0 Å². The summed E-state index contributed by atoms with van der Waals surface area (Å²) >= 11 is 1.67. The van der Waals surface area contributed by atoms with Crippen LogP contribution in [0, 0.1) is 6.92 Å². The lowest BCUT2D eigenvalue weighted by Gasteiger charge is -2.16. The third kappa shape index (κ3) is 5.55. The Labute approximate surface area is 112 Å². The molecule has 18 heavy (non-hydrogen) atoms. The monoisotopic (exact) mass is 271 g/mol. The molecule has 1 amide bonds. The Kier molecular flexibility index (Phi) is 6.82. The van der Waals surface area contributed by atoms with Gasteiger partial charge in [-0.05, 0) is 25.2 Å². The molecule has 1 aromatic rings. The molecular formula is C12H21N3O2S. The Morgan fingerprint density at radius 1 is 1.67 bits per heavy atom. The summed E-state index contributed by atoms with van der Waals surface area (Å²) in [6.07, 6.45) is 6.70. The van der Waals surface area contributed by atoms with E-state index in [9.17, 15) is 4.79 Å². The number of aliphatic hydroxyl groups excluding tert-OH is 1. The first-order valence-corrected chi connectivity index (χ1v) is 7.43. The van der Waals surface area contributed by atoms with Crippen molar-refractivity contribution < 1.29 is 9.90 Å². The van der Waals surface area contributed by atoms with E-state index in [-0.39, 0.29) is 18.6 Å². The molecule has 1 rings (SSSR count). The standard InChI is InChI=1S/C12H21N3O2S/c1-10-7-13-15(8-10)5-3-12(17)14-11(4-6-16)9-18-2/h7-8,11,16H,3-6,9H2,1-2H3,(H,14,17). The van der Waals surface area contributed by atoms with Gasteiger partial charge in [-0.3, -0.25) is 9.48 Å². The second kappa shape index (κ2) is 8.16. The Morgan fingerprint density at radius 3 is 3.00 bits per heavy atom. The van der Waals surface area contributed by atoms with Crippen LogP contribution in [0.4, 0.5) is 0 Å². The molecule has 0 saturated carbocycles. The van der Waals surface area contributed by atoms with Crippen molar-refractivity contribution in [1.82, 2.24) is 15.1 Å². The topological polar surface area (TPSA) is 67.2 Å². The summed E-state index contributed by atoms with van der Waals surface area (Å²) in [5.74, 6) is 0.836. The molecule has 2 N–H and O–H groups in total. The molecule has 1 heterocycles. The van der Waals surface area contributed by atoms with Gasteiger partial charge in [0.05, 0.1) is 6.20 Å². The van der Waals surface area contributed by atoms with E-state index in [0.29, 0.717) is 19.4 Å². The highest BCUT2D eigenvalue weighted by molar-refractivity contribution is 7.98. The molecule has 0 bridgehead atoms. The second-order valence-electron chi connectivity index (χ2n) is 4.26. The number of aryl methyl sites for hydroxylation is 2. The van der Waals surface area contributed by atoms with E-state index in [1.807, 2.05) is 19.4 Å². The molecule has 0 aliphatic heterocycles. The van der Waals surface area contributed by atoms with Gasteiger partial charge in [-0.25, -0.2) is 0 Å². The van der Waals surface area contributed by atoms with Gasteiger partial charge in [-0.2, -0.15) is 16.9 Å². The SMILES string of the molecule is CSCC(CCO)NC(=O)CCn1cc(C)cn1. The summed E-state index contributed by atoms with van der Waals surface area (Å²) in [6.45, 7) is 2.66. The van der Waals surface area contributed by atoms with E-state index in [2.05, 4.69) is 10.4 Å². The number of hydrogen-bond acceptors (Lipinski definition) is 4. The van der Waals surface area contributed by atoms with Gasteiger partial charge in [-0.15, -0.1) is 0 Å². The van der Waals surface area contributed by atoms with Gasteiger partial charge in [0.2, 0.25) is 5.91 Å². The second-order valence-corrected chi connectivity index (χ2v) is 5.17. The van der Waals surface area contributed by atoms with Gasteiger partial charge in [0.15, 0.2) is 0 Å². The first-order valence-electron chi connectivity index (χ1n) is 6.04. The zero-order valence-corrected chi connectivity index (χ0v) is 11.7. The van der Waals surface area contributed by atoms with Crippen LogP contribution < -0.4 is 5.32 Å². The van der Waals surface area contributed by atoms with E-state index >= 15 is 0 Å². The molecule has 5 nitrogen and oxygen atoms in total. The van der Waals surface area contributed by atoms with Crippen LogP contribution in [0.25, 0.3) is 0 Å². The minimum absolute atomic E-state index is 0.00986. The molecule has 1 unspecified atom stereocenters. The quantitative estimate of drug-likeness (QED) is 0.734. The maximum absolute atomic E-state index is 11.7. The number of nitrogens with zero attached hydrogens (tertiary/aromatic N) is 2. The predicted octanol–water partition coefficient (Wildman–Crippen LogP) is 0.812. The van der Waals surface area contributed by atoms with Crippen LogP contribution in [-0.4, -0.2) is 45.5 Å². The first-order chi connectivity index (χ1) is 8.65. The molecule has 0 radical (unpaired) electrons. The minimum Gasteiger partial charge on any atom is -0.396 e. The van der Waals surface area contributed by atoms with Crippen molar-refractivity contribution in [3.63, 3.8) is 0 Å². The van der Waals surface area contributed by atoms with Crippen molar-refractivity contribution in [2.24, 2.45) is 0 Å². The number of nitrogens with one attached hydrogen (secondary N) is 1. The summed E-state index contributed by atoms with van der Waals surface area (Å²) in [7, 11) is 0. The number of hydrogen-bond donors (Lipinski definition) is 2. The Hall–Kier alpha value is -1.01. The van der Waals surface area contributed by atoms with Crippen molar-refractivity contribution in [2.75, 3.05) is 18.6 Å². The molecule has 0 aromatic carbocycles. The van der Waals surface area contributed by atoms with Gasteiger partial charge in [0, 0.05) is 37.6 Å². The molecule has 0 saturated heterocycles. The van der Waals surface area contributed by atoms with Gasteiger partial charge < -0.3 is 10.4 Å². The molecular weight excluding hydrogens is 250 g/mol. The minimum atomic E-state index is 0.00986. The highest BCUT2D eigenvalue weighted by Gasteiger charge is 2.11. The Morgan fingerprint density at radius 2 is 2.44 bits per heavy atom. The number of thioether (sulfide) groups is 1. The van der Waals surface area contributed by atoms with Crippen LogP contribution in [0.5, 0.6) is 0 Å². The maximum atomic E-state index is 11.7. The molecule has 6 heteroatoms. The number of carbonyl (C=O) groups excluding carboxylic acids is 1. The van der Waals surface area contributed by atoms with Crippen molar-refractivity contribution in [2.45, 2.75) is 32.4 Å². The number of amides is 1. The zero-order chi connectivity index (χ0) is 13.4. The van der Waals surface area contributed by atoms with E-state index in [0.717, 1.165) is 11.3 Å². The van der Waals surface area contributed by atoms with Crippen LogP contribution in [0.15, 0.2) is 12.4 Å². The summed E-state index contributed by atoms with van der Waals surface area (Å²) in [5.41, 5.74) is 1.09. The van der Waals surface area contributed by atoms with Crippen molar-refractivity contribution >= 4 is 17.7 Å². The Balaban J connectivity index is 2.31. The molecule has 0 aliphatic carbocycles. The molecule has 0 fully saturated rings. The zero-order valence-electron chi connectivity index (χ0n) is 10.9. The molecule has 0 aliphatic rings. The van der Waals surface area contributed by atoms with Crippen LogP contribution >= 0.6 is 11.8 Å². The van der Waals surface area contributed by atoms with Crippen LogP contribution in [0.1, 0.15) is 18.4 Å². The molecule has 102 valence electrons. The van der Waals surface area contributed by atoms with Crippen LogP contribution in [0.3, 0.4) is 0 Å². The number of aromatic nitrogens is 2. The maximum Gasteiger partial charge on any atom is 0.222 e. The number of rotatable bonds is 8. The Bertz CT molecular complexity index is 362.